The van der Waals surface area contributed by atoms with Crippen molar-refractivity contribution in [1.82, 2.24) is 24.7 Å². The molecule has 0 aliphatic heterocycles. The number of halogens is 1. The highest BCUT2D eigenvalue weighted by atomic mass is 19.1. The molecule has 3 aromatic heterocycles. The molecule has 0 amide bonds. The molecule has 3 heterocycles. The molecule has 0 bridgehead atoms. The van der Waals surface area contributed by atoms with E-state index >= 15 is 0 Å². The average Bonchev–Trinajstić information content (AvgIpc) is 3.12. The van der Waals surface area contributed by atoms with E-state index < -0.39 is 0 Å². The van der Waals surface area contributed by atoms with Crippen LogP contribution in [-0.4, -0.2) is 31.8 Å². The van der Waals surface area contributed by atoms with Gasteiger partial charge in [0.05, 0.1) is 19.6 Å². The topological polar surface area (TPSA) is 65.7 Å². The summed E-state index contributed by atoms with van der Waals surface area (Å²) in [5.74, 6) is 0.0224. The van der Waals surface area contributed by atoms with Crippen molar-refractivity contribution >= 4 is 11.2 Å². The third kappa shape index (κ3) is 2.57. The Morgan fingerprint density at radius 1 is 1.12 bits per heavy atom. The molecule has 4 rings (SSSR count). The van der Waals surface area contributed by atoms with E-state index in [1.165, 1.54) is 13.2 Å². The maximum absolute atomic E-state index is 14.5. The lowest BCUT2D eigenvalue weighted by Gasteiger charge is -2.10. The van der Waals surface area contributed by atoms with Gasteiger partial charge in [-0.1, -0.05) is 6.07 Å². The number of hydrogen-bond donors (Lipinski definition) is 0. The molecule has 26 heavy (non-hydrogen) atoms. The van der Waals surface area contributed by atoms with Gasteiger partial charge < -0.3 is 9.30 Å². The molecule has 0 radical (unpaired) electrons. The van der Waals surface area contributed by atoms with Crippen molar-refractivity contribution in [3.8, 4) is 28.1 Å². The Morgan fingerprint density at radius 2 is 2.00 bits per heavy atom. The number of fused-ring (bicyclic) bond motifs is 1. The van der Waals surface area contributed by atoms with Crippen molar-refractivity contribution in [3.05, 3.63) is 54.9 Å². The third-order valence-electron chi connectivity index (χ3n) is 4.28. The van der Waals surface area contributed by atoms with E-state index in [2.05, 4.69) is 20.2 Å². The number of hydrogen-bond acceptors (Lipinski definition) is 5. The first-order chi connectivity index (χ1) is 12.7. The highest BCUT2D eigenvalue weighted by Gasteiger charge is 2.15. The van der Waals surface area contributed by atoms with Gasteiger partial charge in [0.1, 0.15) is 11.3 Å². The van der Waals surface area contributed by atoms with E-state index in [4.69, 9.17) is 4.74 Å². The van der Waals surface area contributed by atoms with Crippen molar-refractivity contribution in [3.63, 3.8) is 0 Å². The first kappa shape index (κ1) is 16.1. The van der Waals surface area contributed by atoms with Gasteiger partial charge in [0.2, 0.25) is 5.88 Å². The van der Waals surface area contributed by atoms with Crippen LogP contribution >= 0.6 is 0 Å². The van der Waals surface area contributed by atoms with E-state index in [1.54, 1.807) is 43.0 Å². The molecule has 0 aliphatic rings. The van der Waals surface area contributed by atoms with Crippen LogP contribution in [0.25, 0.3) is 33.4 Å². The largest absolute Gasteiger partial charge is 0.481 e. The number of nitrogens with zero attached hydrogens (tertiary/aromatic N) is 5. The monoisotopic (exact) mass is 349 g/mol. The second-order valence-corrected chi connectivity index (χ2v) is 5.72. The maximum Gasteiger partial charge on any atom is 0.221 e. The molecular weight excluding hydrogens is 333 g/mol. The fourth-order valence-electron chi connectivity index (χ4n) is 2.97. The van der Waals surface area contributed by atoms with Gasteiger partial charge >= 0.3 is 0 Å². The Morgan fingerprint density at radius 3 is 2.81 bits per heavy atom. The number of pyridine rings is 1. The Balaban J connectivity index is 1.91. The van der Waals surface area contributed by atoms with Crippen LogP contribution in [-0.2, 0) is 6.54 Å². The van der Waals surface area contributed by atoms with E-state index in [-0.39, 0.29) is 5.82 Å². The molecule has 0 aliphatic carbocycles. The van der Waals surface area contributed by atoms with Crippen LogP contribution in [0.3, 0.4) is 0 Å². The number of imidazole rings is 1. The second-order valence-electron chi connectivity index (χ2n) is 5.72. The summed E-state index contributed by atoms with van der Waals surface area (Å²) in [6.07, 6.45) is 4.99. The molecule has 7 heteroatoms. The summed E-state index contributed by atoms with van der Waals surface area (Å²) in [6.45, 7) is 2.76. The zero-order chi connectivity index (χ0) is 18.1. The summed E-state index contributed by atoms with van der Waals surface area (Å²) in [4.78, 5) is 8.61. The fraction of sp³-hybridized carbons (Fsp3) is 0.158. The van der Waals surface area contributed by atoms with Gasteiger partial charge in [-0.15, -0.1) is 5.10 Å². The zero-order valence-electron chi connectivity index (χ0n) is 14.3. The first-order valence-electron chi connectivity index (χ1n) is 8.18. The van der Waals surface area contributed by atoms with Crippen molar-refractivity contribution in [1.29, 1.82) is 0 Å². The summed E-state index contributed by atoms with van der Waals surface area (Å²) in [5, 5.41) is 8.26. The summed E-state index contributed by atoms with van der Waals surface area (Å²) in [6, 6.07) is 8.43. The Kier molecular flexibility index (Phi) is 4.04. The number of rotatable bonds is 4. The highest BCUT2D eigenvalue weighted by molar-refractivity contribution is 5.90. The molecule has 0 fully saturated rings. The van der Waals surface area contributed by atoms with Gasteiger partial charge in [0.25, 0.3) is 0 Å². The molecule has 0 N–H and O–H groups in total. The minimum atomic E-state index is -0.350. The number of methoxy groups -OCH3 is 1. The predicted molar refractivity (Wildman–Crippen MR) is 96.2 cm³/mol. The minimum Gasteiger partial charge on any atom is -0.481 e. The standard InChI is InChI=1S/C19H16FN5O/c1-3-25-11-22-17-15(10-23-24-18(17)25)12-6-7-16(20)14(9-12)13-5-4-8-21-19(13)26-2/h4-11H,3H2,1-2H3. The van der Waals surface area contributed by atoms with Crippen LogP contribution < -0.4 is 4.74 Å². The van der Waals surface area contributed by atoms with E-state index in [0.29, 0.717) is 22.7 Å². The Hall–Kier alpha value is -3.35. The number of aromatic nitrogens is 5. The molecular formula is C19H16FN5O. The zero-order valence-corrected chi connectivity index (χ0v) is 14.3. The summed E-state index contributed by atoms with van der Waals surface area (Å²) in [7, 11) is 1.52. The van der Waals surface area contributed by atoms with Crippen molar-refractivity contribution in [2.75, 3.05) is 7.11 Å². The van der Waals surface area contributed by atoms with Gasteiger partial charge in [-0.2, -0.15) is 5.10 Å². The highest BCUT2D eigenvalue weighted by Crippen LogP contribution is 2.34. The third-order valence-corrected chi connectivity index (χ3v) is 4.28. The molecule has 1 aromatic carbocycles. The van der Waals surface area contributed by atoms with Crippen molar-refractivity contribution < 1.29 is 9.13 Å². The lowest BCUT2D eigenvalue weighted by Crippen LogP contribution is -1.96. The summed E-state index contributed by atoms with van der Waals surface area (Å²) >= 11 is 0. The van der Waals surface area contributed by atoms with Crippen LogP contribution in [0.5, 0.6) is 5.88 Å². The molecule has 0 saturated heterocycles. The van der Waals surface area contributed by atoms with Crippen LogP contribution in [0.15, 0.2) is 49.1 Å². The van der Waals surface area contributed by atoms with E-state index in [0.717, 1.165) is 23.2 Å². The molecule has 4 aromatic rings. The Bertz CT molecular complexity index is 1090. The van der Waals surface area contributed by atoms with Crippen molar-refractivity contribution in [2.24, 2.45) is 0 Å². The van der Waals surface area contributed by atoms with E-state index in [9.17, 15) is 4.39 Å². The Labute approximate surface area is 149 Å². The minimum absolute atomic E-state index is 0.350. The van der Waals surface area contributed by atoms with Gasteiger partial charge in [0.15, 0.2) is 5.65 Å². The van der Waals surface area contributed by atoms with Crippen LogP contribution in [0.2, 0.25) is 0 Å². The molecule has 0 unspecified atom stereocenters. The molecule has 6 nitrogen and oxygen atoms in total. The van der Waals surface area contributed by atoms with E-state index in [1.807, 2.05) is 11.5 Å². The number of aryl methyl sites for hydroxylation is 1. The SMILES string of the molecule is CCn1cnc2c(-c3ccc(F)c(-c4cccnc4OC)c3)cnnc21. The first-order valence-corrected chi connectivity index (χ1v) is 8.18. The van der Waals surface area contributed by atoms with Crippen LogP contribution in [0.4, 0.5) is 4.39 Å². The molecule has 130 valence electrons. The predicted octanol–water partition coefficient (Wildman–Crippen LogP) is 3.72. The number of ether oxygens (including phenoxy) is 1. The lowest BCUT2D eigenvalue weighted by molar-refractivity contribution is 0.399. The fourth-order valence-corrected chi connectivity index (χ4v) is 2.97. The van der Waals surface area contributed by atoms with Gasteiger partial charge in [0, 0.05) is 29.4 Å². The molecule has 0 saturated carbocycles. The second kappa shape index (κ2) is 6.51. The van der Waals surface area contributed by atoms with Gasteiger partial charge in [-0.3, -0.25) is 0 Å². The lowest BCUT2D eigenvalue weighted by atomic mass is 9.99. The normalized spacial score (nSPS) is 11.0. The number of benzene rings is 1. The van der Waals surface area contributed by atoms with Gasteiger partial charge in [-0.25, -0.2) is 14.4 Å². The smallest absolute Gasteiger partial charge is 0.221 e. The summed E-state index contributed by atoms with van der Waals surface area (Å²) < 4.78 is 21.7. The van der Waals surface area contributed by atoms with Crippen molar-refractivity contribution in [2.45, 2.75) is 13.5 Å². The van der Waals surface area contributed by atoms with Gasteiger partial charge in [-0.05, 0) is 36.8 Å². The van der Waals surface area contributed by atoms with Crippen LogP contribution in [0, 0.1) is 5.82 Å². The quantitative estimate of drug-likeness (QED) is 0.562. The molecule has 0 spiro atoms. The van der Waals surface area contributed by atoms with Crippen LogP contribution in [0.1, 0.15) is 6.92 Å². The maximum atomic E-state index is 14.5. The molecule has 0 atom stereocenters. The average molecular weight is 349 g/mol. The summed E-state index contributed by atoms with van der Waals surface area (Å²) in [5.41, 5.74) is 4.03.